The number of unbranched alkanes of at least 4 members (excludes halogenated alkanes) is 1. The van der Waals surface area contributed by atoms with Gasteiger partial charge in [-0.2, -0.15) is 0 Å². The van der Waals surface area contributed by atoms with Gasteiger partial charge in [-0.15, -0.1) is 14.5 Å². The molecule has 17 heavy (non-hydrogen) atoms. The van der Waals surface area contributed by atoms with Gasteiger partial charge in [-0.3, -0.25) is 0 Å². The molecule has 0 aromatic carbocycles. The summed E-state index contributed by atoms with van der Waals surface area (Å²) >= 11 is 0. The van der Waals surface area contributed by atoms with Gasteiger partial charge in [0.05, 0.1) is 24.8 Å². The third-order valence-electron chi connectivity index (χ3n) is 1.92. The SMILES string of the molecule is CCCC[N+](OCCO)(OCCO)OCCO. The Balaban J connectivity index is 4.39. The Morgan fingerprint density at radius 1 is 0.824 bits per heavy atom. The molecular weight excluding hydrogens is 230 g/mol. The van der Waals surface area contributed by atoms with E-state index in [2.05, 4.69) is 0 Å². The molecular formula is C10H24NO6+. The molecule has 0 saturated carbocycles. The number of aliphatic hydroxyl groups is 3. The lowest BCUT2D eigenvalue weighted by Crippen LogP contribution is -2.50. The summed E-state index contributed by atoms with van der Waals surface area (Å²) in [6.07, 6.45) is 1.72. The first-order valence-corrected chi connectivity index (χ1v) is 5.89. The van der Waals surface area contributed by atoms with E-state index in [1.54, 1.807) is 0 Å². The van der Waals surface area contributed by atoms with Crippen LogP contribution in [0.2, 0.25) is 0 Å². The molecule has 0 fully saturated rings. The van der Waals surface area contributed by atoms with Gasteiger partial charge in [0.2, 0.25) is 0 Å². The van der Waals surface area contributed by atoms with Crippen molar-refractivity contribution in [3.63, 3.8) is 0 Å². The van der Waals surface area contributed by atoms with Crippen molar-refractivity contribution in [2.75, 3.05) is 46.2 Å². The normalized spacial score (nSPS) is 12.0. The number of hydroxylamine groups is 3. The molecule has 0 radical (unpaired) electrons. The number of hydrogen-bond acceptors (Lipinski definition) is 6. The third-order valence-corrected chi connectivity index (χ3v) is 1.92. The van der Waals surface area contributed by atoms with Crippen molar-refractivity contribution in [1.82, 2.24) is 0 Å². The molecule has 3 N–H and O–H groups in total. The molecule has 0 atom stereocenters. The van der Waals surface area contributed by atoms with Crippen molar-refractivity contribution in [2.45, 2.75) is 19.8 Å². The fourth-order valence-corrected chi connectivity index (χ4v) is 1.20. The van der Waals surface area contributed by atoms with E-state index in [1.807, 2.05) is 6.92 Å². The molecule has 0 aliphatic rings. The van der Waals surface area contributed by atoms with Gasteiger partial charge < -0.3 is 15.3 Å². The van der Waals surface area contributed by atoms with Gasteiger partial charge in [-0.05, 0) is 0 Å². The Morgan fingerprint density at radius 3 is 1.53 bits per heavy atom. The zero-order valence-electron chi connectivity index (χ0n) is 10.4. The average Bonchev–Trinajstić information content (AvgIpc) is 2.37. The predicted molar refractivity (Wildman–Crippen MR) is 59.1 cm³/mol. The van der Waals surface area contributed by atoms with Gasteiger partial charge in [-0.25, -0.2) is 0 Å². The fraction of sp³-hybridized carbons (Fsp3) is 1.00. The van der Waals surface area contributed by atoms with E-state index in [9.17, 15) is 0 Å². The van der Waals surface area contributed by atoms with Crippen LogP contribution in [0.15, 0.2) is 0 Å². The number of aliphatic hydroxyl groups excluding tert-OH is 3. The number of rotatable bonds is 12. The zero-order chi connectivity index (χ0) is 13.0. The second-order valence-electron chi connectivity index (χ2n) is 3.36. The fourth-order valence-electron chi connectivity index (χ4n) is 1.20. The number of hydrogen-bond donors (Lipinski definition) is 3. The maximum atomic E-state index is 8.76. The minimum atomic E-state index is -0.560. The Morgan fingerprint density at radius 2 is 1.24 bits per heavy atom. The van der Waals surface area contributed by atoms with Crippen LogP contribution in [0.4, 0.5) is 0 Å². The predicted octanol–water partition coefficient (Wildman–Crippen LogP) is -0.625. The maximum absolute atomic E-state index is 8.76. The van der Waals surface area contributed by atoms with E-state index in [0.717, 1.165) is 12.8 Å². The number of nitrogens with zero attached hydrogens (tertiary/aromatic N) is 1. The Bertz CT molecular complexity index is 131. The topological polar surface area (TPSA) is 88.4 Å². The van der Waals surface area contributed by atoms with Crippen LogP contribution in [0.25, 0.3) is 0 Å². The first-order valence-electron chi connectivity index (χ1n) is 5.89. The van der Waals surface area contributed by atoms with E-state index in [-0.39, 0.29) is 39.6 Å². The van der Waals surface area contributed by atoms with Crippen molar-refractivity contribution in [3.05, 3.63) is 0 Å². The van der Waals surface area contributed by atoms with Crippen LogP contribution in [0.5, 0.6) is 0 Å². The summed E-state index contributed by atoms with van der Waals surface area (Å²) in [5.74, 6) is 0. The zero-order valence-corrected chi connectivity index (χ0v) is 10.4. The van der Waals surface area contributed by atoms with Crippen molar-refractivity contribution in [1.29, 1.82) is 0 Å². The van der Waals surface area contributed by atoms with Crippen LogP contribution in [0.1, 0.15) is 19.8 Å². The van der Waals surface area contributed by atoms with E-state index < -0.39 is 4.97 Å². The molecule has 0 bridgehead atoms. The number of quaternary nitrogens is 1. The quantitative estimate of drug-likeness (QED) is 0.317. The highest BCUT2D eigenvalue weighted by Crippen LogP contribution is 2.13. The molecule has 0 saturated heterocycles. The summed E-state index contributed by atoms with van der Waals surface area (Å²) < 4.78 is 0. The summed E-state index contributed by atoms with van der Waals surface area (Å²) in [6.45, 7) is 2.14. The van der Waals surface area contributed by atoms with Crippen molar-refractivity contribution >= 4 is 0 Å². The van der Waals surface area contributed by atoms with Crippen LogP contribution in [-0.2, 0) is 14.5 Å². The molecule has 0 heterocycles. The van der Waals surface area contributed by atoms with Crippen molar-refractivity contribution < 1.29 is 34.8 Å². The van der Waals surface area contributed by atoms with Gasteiger partial charge in [-0.1, -0.05) is 13.3 Å². The lowest BCUT2D eigenvalue weighted by Gasteiger charge is -2.28. The van der Waals surface area contributed by atoms with E-state index in [4.69, 9.17) is 29.8 Å². The molecule has 104 valence electrons. The van der Waals surface area contributed by atoms with E-state index in [0.29, 0.717) is 6.54 Å². The highest BCUT2D eigenvalue weighted by atomic mass is 17.2. The Hall–Kier alpha value is -0.280. The minimum absolute atomic E-state index is 0.0561. The first-order chi connectivity index (χ1) is 8.24. The standard InChI is InChI=1S/C10H24NO6/c1-2-3-4-11(15-8-5-12,16-9-6-13)17-10-7-14/h12-14H,2-10H2,1H3/q+1. The summed E-state index contributed by atoms with van der Waals surface area (Å²) in [7, 11) is 0. The van der Waals surface area contributed by atoms with Crippen LogP contribution in [0, 0.1) is 0 Å². The molecule has 0 unspecified atom stereocenters. The molecule has 0 aliphatic heterocycles. The highest BCUT2D eigenvalue weighted by Gasteiger charge is 2.34. The van der Waals surface area contributed by atoms with Gasteiger partial charge in [0.1, 0.15) is 19.8 Å². The highest BCUT2D eigenvalue weighted by molar-refractivity contribution is 4.28. The van der Waals surface area contributed by atoms with Crippen LogP contribution in [-0.4, -0.2) is 66.5 Å². The molecule has 0 spiro atoms. The largest absolute Gasteiger partial charge is 0.394 e. The second kappa shape index (κ2) is 10.8. The smallest absolute Gasteiger partial charge is 0.178 e. The Labute approximate surface area is 102 Å². The maximum Gasteiger partial charge on any atom is 0.178 e. The van der Waals surface area contributed by atoms with Crippen LogP contribution < -0.4 is 0 Å². The summed E-state index contributed by atoms with van der Waals surface area (Å²) in [5, 5.41) is 26.3. The summed E-state index contributed by atoms with van der Waals surface area (Å²) in [5.41, 5.74) is 0. The minimum Gasteiger partial charge on any atom is -0.394 e. The van der Waals surface area contributed by atoms with Crippen LogP contribution >= 0.6 is 0 Å². The first kappa shape index (κ1) is 16.7. The second-order valence-corrected chi connectivity index (χ2v) is 3.36. The van der Waals surface area contributed by atoms with Gasteiger partial charge in [0.15, 0.2) is 6.54 Å². The van der Waals surface area contributed by atoms with Gasteiger partial charge in [0.25, 0.3) is 0 Å². The molecule has 0 aliphatic carbocycles. The van der Waals surface area contributed by atoms with Crippen molar-refractivity contribution in [3.8, 4) is 0 Å². The van der Waals surface area contributed by atoms with E-state index >= 15 is 0 Å². The molecule has 0 aromatic heterocycles. The molecule has 7 heteroatoms. The van der Waals surface area contributed by atoms with Gasteiger partial charge >= 0.3 is 0 Å². The van der Waals surface area contributed by atoms with E-state index in [1.165, 1.54) is 0 Å². The van der Waals surface area contributed by atoms with Gasteiger partial charge in [0, 0.05) is 6.42 Å². The molecule has 0 amide bonds. The van der Waals surface area contributed by atoms with Crippen LogP contribution in [0.3, 0.4) is 0 Å². The molecule has 0 rings (SSSR count). The Kier molecular flexibility index (Phi) is 10.7. The molecule has 7 nitrogen and oxygen atoms in total. The monoisotopic (exact) mass is 254 g/mol. The third kappa shape index (κ3) is 7.61. The molecule has 0 aromatic rings. The summed E-state index contributed by atoms with van der Waals surface area (Å²) in [4.78, 5) is 15.4. The average molecular weight is 254 g/mol. The summed E-state index contributed by atoms with van der Waals surface area (Å²) in [6, 6.07) is 0. The lowest BCUT2D eigenvalue weighted by molar-refractivity contribution is -1.37. The van der Waals surface area contributed by atoms with Crippen molar-refractivity contribution in [2.24, 2.45) is 0 Å². The lowest BCUT2D eigenvalue weighted by atomic mass is 10.3.